The predicted molar refractivity (Wildman–Crippen MR) is 105 cm³/mol. The summed E-state index contributed by atoms with van der Waals surface area (Å²) in [6.45, 7) is 0.811. The number of fused-ring (bicyclic) bond motifs is 1. The molecule has 6 heteroatoms. The van der Waals surface area contributed by atoms with Crippen LogP contribution in [0.1, 0.15) is 36.1 Å². The lowest BCUT2D eigenvalue weighted by atomic mass is 9.98. The lowest BCUT2D eigenvalue weighted by Gasteiger charge is -2.35. The lowest BCUT2D eigenvalue weighted by molar-refractivity contribution is -0.115. The Morgan fingerprint density at radius 2 is 2.23 bits per heavy atom. The molecule has 0 radical (unpaired) electrons. The Bertz CT molecular complexity index is 803. The molecule has 0 spiro atoms. The maximum absolute atomic E-state index is 12.8. The summed E-state index contributed by atoms with van der Waals surface area (Å²) in [5.41, 5.74) is 2.55. The van der Waals surface area contributed by atoms with E-state index >= 15 is 0 Å². The molecule has 0 bridgehead atoms. The van der Waals surface area contributed by atoms with Crippen LogP contribution in [0.5, 0.6) is 0 Å². The average Bonchev–Trinajstić information content (AvgIpc) is 3.28. The number of nitrogens with zero attached hydrogens (tertiary/aromatic N) is 1. The second-order valence-corrected chi connectivity index (χ2v) is 8.02. The fourth-order valence-electron chi connectivity index (χ4n) is 3.83. The fourth-order valence-corrected chi connectivity index (χ4v) is 4.56. The van der Waals surface area contributed by atoms with E-state index in [-0.39, 0.29) is 11.9 Å². The van der Waals surface area contributed by atoms with E-state index in [1.54, 1.807) is 11.3 Å². The van der Waals surface area contributed by atoms with Crippen molar-refractivity contribution in [1.29, 1.82) is 0 Å². The van der Waals surface area contributed by atoms with Crippen LogP contribution in [0.25, 0.3) is 0 Å². The first-order valence-electron chi connectivity index (χ1n) is 9.22. The minimum atomic E-state index is -0.0295. The van der Waals surface area contributed by atoms with Crippen molar-refractivity contribution in [2.75, 3.05) is 17.2 Å². The Morgan fingerprint density at radius 3 is 3.08 bits per heavy atom. The van der Waals surface area contributed by atoms with Crippen molar-refractivity contribution in [3.05, 3.63) is 46.2 Å². The number of amides is 3. The molecule has 4 rings (SSSR count). The van der Waals surface area contributed by atoms with Crippen molar-refractivity contribution in [2.24, 2.45) is 0 Å². The molecule has 1 saturated heterocycles. The van der Waals surface area contributed by atoms with Crippen LogP contribution < -0.4 is 10.6 Å². The van der Waals surface area contributed by atoms with Crippen molar-refractivity contribution in [1.82, 2.24) is 4.90 Å². The van der Waals surface area contributed by atoms with Gasteiger partial charge in [-0.15, -0.1) is 11.3 Å². The molecular formula is C20H23N3O2S. The van der Waals surface area contributed by atoms with E-state index in [0.717, 1.165) is 49.2 Å². The summed E-state index contributed by atoms with van der Waals surface area (Å²) in [5.74, 6) is 0.00754. The molecule has 0 unspecified atom stereocenters. The van der Waals surface area contributed by atoms with Crippen LogP contribution in [0.2, 0.25) is 0 Å². The van der Waals surface area contributed by atoms with Gasteiger partial charge in [-0.3, -0.25) is 4.79 Å². The van der Waals surface area contributed by atoms with Crippen molar-refractivity contribution < 1.29 is 9.59 Å². The van der Waals surface area contributed by atoms with Gasteiger partial charge in [0, 0.05) is 28.8 Å². The molecule has 0 aliphatic carbocycles. The summed E-state index contributed by atoms with van der Waals surface area (Å²) in [6, 6.07) is 10.1. The molecule has 2 N–H and O–H groups in total. The summed E-state index contributed by atoms with van der Waals surface area (Å²) in [6.07, 6.45) is 5.74. The van der Waals surface area contributed by atoms with Gasteiger partial charge >= 0.3 is 6.03 Å². The zero-order valence-corrected chi connectivity index (χ0v) is 15.5. The molecule has 1 aromatic carbocycles. The highest BCUT2D eigenvalue weighted by Crippen LogP contribution is 2.27. The third-order valence-corrected chi connectivity index (χ3v) is 6.11. The number of hydrogen-bond donors (Lipinski definition) is 2. The summed E-state index contributed by atoms with van der Waals surface area (Å²) in [4.78, 5) is 27.7. The molecule has 136 valence electrons. The molecule has 1 aromatic heterocycles. The summed E-state index contributed by atoms with van der Waals surface area (Å²) in [7, 11) is 0. The Morgan fingerprint density at radius 1 is 1.31 bits per heavy atom. The Hall–Kier alpha value is -2.34. The average molecular weight is 369 g/mol. The second kappa shape index (κ2) is 7.50. The van der Waals surface area contributed by atoms with Gasteiger partial charge in [0.15, 0.2) is 0 Å². The monoisotopic (exact) mass is 369 g/mol. The summed E-state index contributed by atoms with van der Waals surface area (Å²) < 4.78 is 0. The number of carbonyl (C=O) groups excluding carboxylic acids is 2. The number of thiophene rings is 1. The molecule has 26 heavy (non-hydrogen) atoms. The van der Waals surface area contributed by atoms with Crippen LogP contribution in [0.3, 0.4) is 0 Å². The molecule has 1 fully saturated rings. The highest BCUT2D eigenvalue weighted by molar-refractivity contribution is 7.09. The van der Waals surface area contributed by atoms with Gasteiger partial charge in [-0.1, -0.05) is 6.07 Å². The maximum Gasteiger partial charge on any atom is 0.322 e. The minimum absolute atomic E-state index is 0.00754. The Kier molecular flexibility index (Phi) is 4.93. The van der Waals surface area contributed by atoms with Crippen molar-refractivity contribution in [3.63, 3.8) is 0 Å². The maximum atomic E-state index is 12.8. The number of anilines is 2. The molecule has 3 amide bonds. The zero-order chi connectivity index (χ0) is 17.9. The van der Waals surface area contributed by atoms with Crippen LogP contribution in [0, 0.1) is 0 Å². The Balaban J connectivity index is 1.40. The van der Waals surface area contributed by atoms with Gasteiger partial charge in [-0.2, -0.15) is 0 Å². The summed E-state index contributed by atoms with van der Waals surface area (Å²) in [5, 5.41) is 7.95. The molecule has 3 heterocycles. The standard InChI is InChI=1S/C20H23N3O2S/c24-19-13-14-12-15(6-9-18(14)22-19)21-20(25)23-10-2-1-4-16(23)7-8-17-5-3-11-26-17/h3,5-6,9,11-12,16H,1-2,4,7-8,10,13H2,(H,21,25)(H,22,24)/t16-/m1/s1. The first-order valence-corrected chi connectivity index (χ1v) is 10.1. The van der Waals surface area contributed by atoms with Crippen molar-refractivity contribution >= 4 is 34.6 Å². The third-order valence-electron chi connectivity index (χ3n) is 5.17. The van der Waals surface area contributed by atoms with Crippen molar-refractivity contribution in [2.45, 2.75) is 44.6 Å². The van der Waals surface area contributed by atoms with Gasteiger partial charge in [-0.05, 0) is 67.3 Å². The van der Waals surface area contributed by atoms with E-state index in [1.165, 1.54) is 11.3 Å². The topological polar surface area (TPSA) is 61.4 Å². The zero-order valence-electron chi connectivity index (χ0n) is 14.7. The predicted octanol–water partition coefficient (Wildman–Crippen LogP) is 4.26. The van der Waals surface area contributed by atoms with Crippen molar-refractivity contribution in [3.8, 4) is 0 Å². The lowest BCUT2D eigenvalue weighted by Crippen LogP contribution is -2.46. The molecule has 1 atom stereocenters. The van der Waals surface area contributed by atoms with Gasteiger partial charge < -0.3 is 15.5 Å². The first kappa shape index (κ1) is 17.1. The molecule has 2 aromatic rings. The van der Waals surface area contributed by atoms with Gasteiger partial charge in [0.1, 0.15) is 0 Å². The van der Waals surface area contributed by atoms with Crippen LogP contribution >= 0.6 is 11.3 Å². The van der Waals surface area contributed by atoms with Crippen LogP contribution in [0.15, 0.2) is 35.7 Å². The number of urea groups is 1. The van der Waals surface area contributed by atoms with E-state index in [9.17, 15) is 9.59 Å². The van der Waals surface area contributed by atoms with Gasteiger partial charge in [-0.25, -0.2) is 4.79 Å². The number of hydrogen-bond acceptors (Lipinski definition) is 3. The van der Waals surface area contributed by atoms with Gasteiger partial charge in [0.05, 0.1) is 6.42 Å². The highest BCUT2D eigenvalue weighted by Gasteiger charge is 2.27. The highest BCUT2D eigenvalue weighted by atomic mass is 32.1. The molecule has 2 aliphatic heterocycles. The molecule has 0 saturated carbocycles. The van der Waals surface area contributed by atoms with Crippen LogP contribution in [-0.2, 0) is 17.6 Å². The quantitative estimate of drug-likeness (QED) is 0.846. The molecule has 2 aliphatic rings. The second-order valence-electron chi connectivity index (χ2n) is 6.99. The number of benzene rings is 1. The SMILES string of the molecule is O=C1Cc2cc(NC(=O)N3CCCC[C@@H]3CCc3cccs3)ccc2N1. The number of aryl methyl sites for hydroxylation is 1. The fraction of sp³-hybridized carbons (Fsp3) is 0.400. The summed E-state index contributed by atoms with van der Waals surface area (Å²) >= 11 is 1.78. The first-order chi connectivity index (χ1) is 12.7. The minimum Gasteiger partial charge on any atom is -0.326 e. The third kappa shape index (κ3) is 3.75. The Labute approximate surface area is 157 Å². The van der Waals surface area contributed by atoms with E-state index in [1.807, 2.05) is 23.1 Å². The number of rotatable bonds is 4. The van der Waals surface area contributed by atoms with Gasteiger partial charge in [0.25, 0.3) is 0 Å². The smallest absolute Gasteiger partial charge is 0.322 e. The molecular weight excluding hydrogens is 346 g/mol. The number of piperidine rings is 1. The van der Waals surface area contributed by atoms with Crippen LogP contribution in [0.4, 0.5) is 16.2 Å². The molecule has 5 nitrogen and oxygen atoms in total. The number of nitrogens with one attached hydrogen (secondary N) is 2. The van der Waals surface area contributed by atoms with E-state index < -0.39 is 0 Å². The normalized spacial score (nSPS) is 19.2. The van der Waals surface area contributed by atoms with E-state index in [4.69, 9.17) is 0 Å². The largest absolute Gasteiger partial charge is 0.326 e. The van der Waals surface area contributed by atoms with E-state index in [2.05, 4.69) is 28.1 Å². The number of carbonyl (C=O) groups is 2. The number of likely N-dealkylation sites (tertiary alicyclic amines) is 1. The van der Waals surface area contributed by atoms with Crippen LogP contribution in [-0.4, -0.2) is 29.4 Å². The van der Waals surface area contributed by atoms with Gasteiger partial charge in [0.2, 0.25) is 5.91 Å². The van der Waals surface area contributed by atoms with E-state index in [0.29, 0.717) is 12.5 Å².